The molecule has 2 atom stereocenters. The van der Waals surface area contributed by atoms with Crippen molar-refractivity contribution in [3.63, 3.8) is 0 Å². The van der Waals surface area contributed by atoms with E-state index >= 15 is 0 Å². The summed E-state index contributed by atoms with van der Waals surface area (Å²) in [5.41, 5.74) is 5.64. The number of ether oxygens (including phenoxy) is 1. The predicted octanol–water partition coefficient (Wildman–Crippen LogP) is 0.232. The van der Waals surface area contributed by atoms with Crippen LogP contribution in [0.5, 0.6) is 0 Å². The summed E-state index contributed by atoms with van der Waals surface area (Å²) in [7, 11) is 0. The van der Waals surface area contributed by atoms with Crippen molar-refractivity contribution in [1.82, 2.24) is 4.90 Å². The molecule has 14 heavy (non-hydrogen) atoms. The molecule has 5 nitrogen and oxygen atoms in total. The van der Waals surface area contributed by atoms with Gasteiger partial charge in [-0.05, 0) is 13.3 Å². The molecule has 0 saturated carbocycles. The molecule has 82 valence electrons. The third-order valence-corrected chi connectivity index (χ3v) is 2.66. The van der Waals surface area contributed by atoms with E-state index in [9.17, 15) is 0 Å². The normalized spacial score (nSPS) is 27.6. The van der Waals surface area contributed by atoms with Crippen molar-refractivity contribution in [2.45, 2.75) is 32.4 Å². The van der Waals surface area contributed by atoms with E-state index in [4.69, 9.17) is 15.7 Å². The first kappa shape index (κ1) is 11.3. The monoisotopic (exact) mass is 201 g/mol. The minimum Gasteiger partial charge on any atom is -0.409 e. The van der Waals surface area contributed by atoms with E-state index in [1.165, 1.54) is 0 Å². The summed E-state index contributed by atoms with van der Waals surface area (Å²) in [6.07, 6.45) is 0.847. The lowest BCUT2D eigenvalue weighted by atomic mass is 10.1. The largest absolute Gasteiger partial charge is 0.409 e. The van der Waals surface area contributed by atoms with E-state index in [1.807, 2.05) is 6.92 Å². The Morgan fingerprint density at radius 2 is 2.50 bits per heavy atom. The Bertz CT molecular complexity index is 208. The van der Waals surface area contributed by atoms with Gasteiger partial charge in [-0.3, -0.25) is 4.90 Å². The van der Waals surface area contributed by atoms with Gasteiger partial charge in [-0.25, -0.2) is 0 Å². The lowest BCUT2D eigenvalue weighted by molar-refractivity contribution is -0.0107. The van der Waals surface area contributed by atoms with Crippen LogP contribution in [-0.2, 0) is 4.74 Å². The van der Waals surface area contributed by atoms with Crippen LogP contribution in [0.25, 0.3) is 0 Å². The van der Waals surface area contributed by atoms with Gasteiger partial charge in [0.05, 0.1) is 19.3 Å². The minimum atomic E-state index is 0.0268. The first-order valence-corrected chi connectivity index (χ1v) is 5.01. The maximum Gasteiger partial charge on any atom is 0.156 e. The van der Waals surface area contributed by atoms with Crippen LogP contribution in [0.2, 0.25) is 0 Å². The molecule has 0 bridgehead atoms. The molecule has 1 saturated heterocycles. The molecule has 0 radical (unpaired) electrons. The molecular weight excluding hydrogens is 182 g/mol. The first-order valence-electron chi connectivity index (χ1n) is 5.01. The van der Waals surface area contributed by atoms with E-state index in [1.54, 1.807) is 0 Å². The molecule has 0 amide bonds. The lowest BCUT2D eigenvalue weighted by Crippen LogP contribution is -2.53. The number of amidine groups is 1. The first-order chi connectivity index (χ1) is 6.70. The second-order valence-electron chi connectivity index (χ2n) is 3.61. The molecule has 1 fully saturated rings. The average Bonchev–Trinajstić information content (AvgIpc) is 2.21. The van der Waals surface area contributed by atoms with Crippen molar-refractivity contribution in [2.24, 2.45) is 10.9 Å². The quantitative estimate of drug-likeness (QED) is 0.297. The summed E-state index contributed by atoms with van der Waals surface area (Å²) in [4.78, 5) is 2.22. The van der Waals surface area contributed by atoms with Gasteiger partial charge in [0, 0.05) is 12.6 Å². The fraction of sp³-hybridized carbons (Fsp3) is 0.889. The molecule has 0 aliphatic carbocycles. The van der Waals surface area contributed by atoms with Crippen LogP contribution < -0.4 is 5.73 Å². The van der Waals surface area contributed by atoms with Gasteiger partial charge in [-0.2, -0.15) is 0 Å². The van der Waals surface area contributed by atoms with Gasteiger partial charge in [0.1, 0.15) is 0 Å². The Balaban J connectivity index is 2.67. The molecule has 0 aromatic carbocycles. The fourth-order valence-electron chi connectivity index (χ4n) is 1.88. The topological polar surface area (TPSA) is 71.1 Å². The zero-order valence-electron chi connectivity index (χ0n) is 8.81. The number of hydrogen-bond donors (Lipinski definition) is 2. The zero-order valence-corrected chi connectivity index (χ0v) is 8.81. The number of oxime groups is 1. The van der Waals surface area contributed by atoms with E-state index in [0.717, 1.165) is 26.2 Å². The van der Waals surface area contributed by atoms with Gasteiger partial charge in [0.2, 0.25) is 0 Å². The number of morpholine rings is 1. The average molecular weight is 201 g/mol. The van der Waals surface area contributed by atoms with Gasteiger partial charge < -0.3 is 15.7 Å². The second-order valence-corrected chi connectivity index (χ2v) is 3.61. The highest BCUT2D eigenvalue weighted by Crippen LogP contribution is 2.13. The van der Waals surface area contributed by atoms with Crippen LogP contribution in [-0.4, -0.2) is 47.8 Å². The summed E-state index contributed by atoms with van der Waals surface area (Å²) in [5, 5.41) is 11.7. The van der Waals surface area contributed by atoms with E-state index in [0.29, 0.717) is 11.9 Å². The Morgan fingerprint density at radius 3 is 3.00 bits per heavy atom. The van der Waals surface area contributed by atoms with Crippen LogP contribution >= 0.6 is 0 Å². The Morgan fingerprint density at radius 1 is 1.79 bits per heavy atom. The summed E-state index contributed by atoms with van der Waals surface area (Å²) < 4.78 is 5.34. The smallest absolute Gasteiger partial charge is 0.156 e. The molecule has 0 aromatic heterocycles. The highest BCUT2D eigenvalue weighted by atomic mass is 16.5. The molecular formula is C9H19N3O2. The van der Waals surface area contributed by atoms with Crippen LogP contribution in [0, 0.1) is 0 Å². The van der Waals surface area contributed by atoms with Crippen LogP contribution in [0.1, 0.15) is 20.3 Å². The highest BCUT2D eigenvalue weighted by Gasteiger charge is 2.27. The Kier molecular flexibility index (Phi) is 4.16. The van der Waals surface area contributed by atoms with Crippen LogP contribution in [0.3, 0.4) is 0 Å². The molecule has 1 heterocycles. The third kappa shape index (κ3) is 2.36. The van der Waals surface area contributed by atoms with Crippen LogP contribution in [0.4, 0.5) is 0 Å². The van der Waals surface area contributed by atoms with Crippen molar-refractivity contribution in [3.05, 3.63) is 0 Å². The van der Waals surface area contributed by atoms with E-state index in [-0.39, 0.29) is 6.04 Å². The molecule has 5 heteroatoms. The minimum absolute atomic E-state index is 0.0268. The molecule has 1 rings (SSSR count). The molecule has 2 unspecified atom stereocenters. The van der Waals surface area contributed by atoms with Gasteiger partial charge in [0.15, 0.2) is 5.84 Å². The second kappa shape index (κ2) is 5.17. The summed E-state index contributed by atoms with van der Waals surface area (Å²) in [6, 6.07) is 0.355. The maximum atomic E-state index is 8.66. The van der Waals surface area contributed by atoms with Crippen molar-refractivity contribution >= 4 is 5.84 Å². The number of nitrogens with zero attached hydrogens (tertiary/aromatic N) is 2. The SMILES string of the molecule is CCC(C(N)=NO)N1CCOCC1C. The molecule has 1 aliphatic heterocycles. The standard InChI is InChI=1S/C9H19N3O2/c1-3-8(9(10)11-13)12-4-5-14-6-7(12)2/h7-8,13H,3-6H2,1-2H3,(H2,10,11). The highest BCUT2D eigenvalue weighted by molar-refractivity contribution is 5.85. The Hall–Kier alpha value is -0.810. The van der Waals surface area contributed by atoms with Crippen molar-refractivity contribution in [1.29, 1.82) is 0 Å². The molecule has 1 aliphatic rings. The van der Waals surface area contributed by atoms with E-state index < -0.39 is 0 Å². The fourth-order valence-corrected chi connectivity index (χ4v) is 1.88. The van der Waals surface area contributed by atoms with Gasteiger partial charge in [0.25, 0.3) is 0 Å². The molecule has 0 spiro atoms. The number of nitrogens with two attached hydrogens (primary N) is 1. The van der Waals surface area contributed by atoms with Crippen molar-refractivity contribution < 1.29 is 9.94 Å². The molecule has 3 N–H and O–H groups in total. The van der Waals surface area contributed by atoms with Gasteiger partial charge in [-0.15, -0.1) is 0 Å². The number of rotatable bonds is 3. The Labute approximate surface area is 84.5 Å². The summed E-state index contributed by atoms with van der Waals surface area (Å²) >= 11 is 0. The van der Waals surface area contributed by atoms with Crippen LogP contribution in [0.15, 0.2) is 5.16 Å². The van der Waals surface area contributed by atoms with Crippen molar-refractivity contribution in [3.8, 4) is 0 Å². The summed E-state index contributed by atoms with van der Waals surface area (Å²) in [6.45, 7) is 6.40. The maximum absolute atomic E-state index is 8.66. The number of hydrogen-bond acceptors (Lipinski definition) is 4. The summed E-state index contributed by atoms with van der Waals surface area (Å²) in [5.74, 6) is 0.293. The van der Waals surface area contributed by atoms with Gasteiger partial charge >= 0.3 is 0 Å². The van der Waals surface area contributed by atoms with E-state index in [2.05, 4.69) is 17.0 Å². The zero-order chi connectivity index (χ0) is 10.6. The van der Waals surface area contributed by atoms with Gasteiger partial charge in [-0.1, -0.05) is 12.1 Å². The third-order valence-electron chi connectivity index (χ3n) is 2.66. The lowest BCUT2D eigenvalue weighted by Gasteiger charge is -2.38. The van der Waals surface area contributed by atoms with Crippen molar-refractivity contribution in [2.75, 3.05) is 19.8 Å². The predicted molar refractivity (Wildman–Crippen MR) is 54.5 cm³/mol. The molecule has 0 aromatic rings.